The van der Waals surface area contributed by atoms with Crippen LogP contribution in [0, 0.1) is 11.2 Å². The highest BCUT2D eigenvalue weighted by atomic mass is 32.1. The van der Waals surface area contributed by atoms with Crippen LogP contribution in [0.3, 0.4) is 0 Å². The number of amides is 2. The maximum absolute atomic E-state index is 15.4. The second kappa shape index (κ2) is 11.2. The average molecular weight is 588 g/mol. The van der Waals surface area contributed by atoms with Crippen molar-refractivity contribution < 1.29 is 23.5 Å². The van der Waals surface area contributed by atoms with Crippen LogP contribution >= 0.6 is 11.3 Å². The van der Waals surface area contributed by atoms with Crippen LogP contribution < -0.4 is 10.1 Å². The third-order valence-electron chi connectivity index (χ3n) is 8.02. The number of carbonyl (C=O) groups excluding carboxylic acids is 2. The fraction of sp³-hybridized carbons (Fsp3) is 0.323. The van der Waals surface area contributed by atoms with Crippen molar-refractivity contribution in [3.63, 3.8) is 0 Å². The smallest absolute Gasteiger partial charge is 0.257 e. The Morgan fingerprint density at radius 3 is 2.76 bits per heavy atom. The predicted molar refractivity (Wildman–Crippen MR) is 156 cm³/mol. The quantitative estimate of drug-likeness (QED) is 0.287. The molecule has 2 aliphatic rings. The average Bonchev–Trinajstić information content (AvgIpc) is 3.67. The van der Waals surface area contributed by atoms with Gasteiger partial charge in [0.2, 0.25) is 16.9 Å². The Bertz CT molecular complexity index is 1640. The van der Waals surface area contributed by atoms with Gasteiger partial charge in [-0.15, -0.1) is 10.2 Å². The number of pyridine rings is 1. The number of fused-ring (bicyclic) bond motifs is 2. The van der Waals surface area contributed by atoms with E-state index in [2.05, 4.69) is 15.5 Å². The highest BCUT2D eigenvalue weighted by molar-refractivity contribution is 7.13. The molecule has 2 aromatic heterocycles. The number of aromatic nitrogens is 3. The SMILES string of the molecule is COC[C@H]1CCCN1C(=O)c1ccc(-c2ccc3c(n2)Oc2ccccc2[C@@H]3C(C)(C)C(=O)Nc2nncs2)cc1F. The predicted octanol–water partition coefficient (Wildman–Crippen LogP) is 5.89. The highest BCUT2D eigenvalue weighted by Crippen LogP contribution is 2.52. The molecule has 42 heavy (non-hydrogen) atoms. The molecule has 0 saturated carbocycles. The first-order valence-corrected chi connectivity index (χ1v) is 14.6. The van der Waals surface area contributed by atoms with E-state index in [9.17, 15) is 9.59 Å². The van der Waals surface area contributed by atoms with Crippen molar-refractivity contribution in [2.45, 2.75) is 38.6 Å². The minimum Gasteiger partial charge on any atom is -0.438 e. The molecule has 1 N–H and O–H groups in total. The molecule has 9 nitrogen and oxygen atoms in total. The van der Waals surface area contributed by atoms with Crippen LogP contribution in [0.4, 0.5) is 9.52 Å². The van der Waals surface area contributed by atoms with Crippen molar-refractivity contribution in [1.82, 2.24) is 20.1 Å². The maximum atomic E-state index is 15.4. The lowest BCUT2D eigenvalue weighted by Gasteiger charge is -2.37. The van der Waals surface area contributed by atoms with Gasteiger partial charge in [-0.3, -0.25) is 9.59 Å². The summed E-state index contributed by atoms with van der Waals surface area (Å²) in [6.45, 7) is 4.75. The highest BCUT2D eigenvalue weighted by Gasteiger charge is 2.44. The molecule has 0 spiro atoms. The topological polar surface area (TPSA) is 107 Å². The molecule has 1 fully saturated rings. The van der Waals surface area contributed by atoms with Gasteiger partial charge in [0.25, 0.3) is 5.91 Å². The number of hydrogen-bond donors (Lipinski definition) is 1. The minimum absolute atomic E-state index is 0.0214. The van der Waals surface area contributed by atoms with Crippen molar-refractivity contribution >= 4 is 28.3 Å². The summed E-state index contributed by atoms with van der Waals surface area (Å²) in [4.78, 5) is 33.1. The molecule has 2 atom stereocenters. The molecule has 0 radical (unpaired) electrons. The molecule has 1 saturated heterocycles. The van der Waals surface area contributed by atoms with Gasteiger partial charge in [0, 0.05) is 36.3 Å². The zero-order valence-electron chi connectivity index (χ0n) is 23.5. The summed E-state index contributed by atoms with van der Waals surface area (Å²) in [5.41, 5.74) is 3.25. The Morgan fingerprint density at radius 1 is 1.17 bits per heavy atom. The Kier molecular flexibility index (Phi) is 7.46. The van der Waals surface area contributed by atoms with E-state index < -0.39 is 11.2 Å². The molecule has 0 aliphatic carbocycles. The van der Waals surface area contributed by atoms with Crippen LogP contribution in [0.5, 0.6) is 11.6 Å². The molecule has 11 heteroatoms. The van der Waals surface area contributed by atoms with Gasteiger partial charge in [-0.1, -0.05) is 55.5 Å². The van der Waals surface area contributed by atoms with E-state index in [1.165, 1.54) is 23.5 Å². The number of methoxy groups -OCH3 is 1. The second-order valence-corrected chi connectivity index (χ2v) is 11.9. The first kappa shape index (κ1) is 27.9. The van der Waals surface area contributed by atoms with E-state index in [0.717, 1.165) is 24.0 Å². The third kappa shape index (κ3) is 5.03. The van der Waals surface area contributed by atoms with Gasteiger partial charge in [0.1, 0.15) is 17.1 Å². The molecule has 0 bridgehead atoms. The van der Waals surface area contributed by atoms with E-state index in [4.69, 9.17) is 14.5 Å². The van der Waals surface area contributed by atoms with E-state index in [0.29, 0.717) is 41.2 Å². The number of ether oxygens (including phenoxy) is 2. The molecule has 2 aromatic carbocycles. The number of hydrogen-bond acceptors (Lipinski definition) is 8. The standard InChI is InChI=1S/C31H30FN5O4S/c1-31(2,29(39)35-30-36-33-17-42-30)26-21-8-4-5-9-25(21)41-27-22(26)12-13-24(34-27)18-10-11-20(23(32)15-18)28(38)37-14-6-7-19(37)16-40-3/h4-5,8-13,15,17,19,26H,6-7,14,16H2,1-3H3,(H,35,36,39)/t19-,26+/m1/s1. The zero-order valence-corrected chi connectivity index (χ0v) is 24.3. The lowest BCUT2D eigenvalue weighted by atomic mass is 9.69. The maximum Gasteiger partial charge on any atom is 0.257 e. The molecule has 6 rings (SSSR count). The van der Waals surface area contributed by atoms with Gasteiger partial charge in [-0.2, -0.15) is 0 Å². The fourth-order valence-electron chi connectivity index (χ4n) is 5.86. The summed E-state index contributed by atoms with van der Waals surface area (Å²) in [6.07, 6.45) is 1.70. The van der Waals surface area contributed by atoms with Crippen LogP contribution in [0.1, 0.15) is 54.1 Å². The third-order valence-corrected chi connectivity index (χ3v) is 8.62. The lowest BCUT2D eigenvalue weighted by Crippen LogP contribution is -2.38. The number of anilines is 1. The Morgan fingerprint density at radius 2 is 2.00 bits per heavy atom. The van der Waals surface area contributed by atoms with Gasteiger partial charge in [-0.05, 0) is 37.1 Å². The van der Waals surface area contributed by atoms with Crippen molar-refractivity contribution in [3.05, 3.63) is 82.6 Å². The number of carbonyl (C=O) groups is 2. The van der Waals surface area contributed by atoms with Gasteiger partial charge >= 0.3 is 0 Å². The summed E-state index contributed by atoms with van der Waals surface area (Å²) in [5.74, 6) is -0.617. The zero-order chi connectivity index (χ0) is 29.4. The number of likely N-dealkylation sites (tertiary alicyclic amines) is 1. The normalized spacial score (nSPS) is 17.8. The largest absolute Gasteiger partial charge is 0.438 e. The Labute approximate surface area is 246 Å². The molecule has 216 valence electrons. The van der Waals surface area contributed by atoms with Gasteiger partial charge in [0.05, 0.1) is 29.3 Å². The minimum atomic E-state index is -0.923. The molecule has 4 aromatic rings. The summed E-state index contributed by atoms with van der Waals surface area (Å²) in [7, 11) is 1.60. The van der Waals surface area contributed by atoms with E-state index in [1.807, 2.05) is 44.2 Å². The van der Waals surface area contributed by atoms with Crippen molar-refractivity contribution in [1.29, 1.82) is 0 Å². The van der Waals surface area contributed by atoms with Crippen LogP contribution in [-0.4, -0.2) is 58.2 Å². The van der Waals surface area contributed by atoms with Gasteiger partial charge < -0.3 is 19.7 Å². The Hall–Kier alpha value is -4.22. The number of benzene rings is 2. The Balaban J connectivity index is 1.32. The lowest BCUT2D eigenvalue weighted by molar-refractivity contribution is -0.124. The molecule has 2 aliphatic heterocycles. The van der Waals surface area contributed by atoms with E-state index >= 15 is 4.39 Å². The van der Waals surface area contributed by atoms with E-state index in [1.54, 1.807) is 29.7 Å². The molecule has 2 amide bonds. The molecular formula is C31H30FN5O4S. The summed E-state index contributed by atoms with van der Waals surface area (Å²) in [6, 6.07) is 15.7. The fourth-order valence-corrected chi connectivity index (χ4v) is 6.30. The summed E-state index contributed by atoms with van der Waals surface area (Å²) < 4.78 is 26.8. The molecular weight excluding hydrogens is 557 g/mol. The van der Waals surface area contributed by atoms with Crippen LogP contribution in [-0.2, 0) is 9.53 Å². The first-order chi connectivity index (χ1) is 20.3. The van der Waals surface area contributed by atoms with Crippen molar-refractivity contribution in [3.8, 4) is 22.9 Å². The van der Waals surface area contributed by atoms with Crippen LogP contribution in [0.25, 0.3) is 11.3 Å². The van der Waals surface area contributed by atoms with Gasteiger partial charge in [-0.25, -0.2) is 9.37 Å². The van der Waals surface area contributed by atoms with E-state index in [-0.39, 0.29) is 29.3 Å². The molecule has 4 heterocycles. The number of nitrogens with one attached hydrogen (secondary N) is 1. The monoisotopic (exact) mass is 587 g/mol. The number of rotatable bonds is 7. The first-order valence-electron chi connectivity index (χ1n) is 13.7. The summed E-state index contributed by atoms with van der Waals surface area (Å²) >= 11 is 1.25. The molecule has 0 unspecified atom stereocenters. The van der Waals surface area contributed by atoms with Crippen molar-refractivity contribution in [2.24, 2.45) is 5.41 Å². The second-order valence-electron chi connectivity index (χ2n) is 11.0. The van der Waals surface area contributed by atoms with Crippen LogP contribution in [0.2, 0.25) is 0 Å². The number of nitrogens with zero attached hydrogens (tertiary/aromatic N) is 4. The van der Waals surface area contributed by atoms with Gasteiger partial charge in [0.15, 0.2) is 0 Å². The number of halogens is 1. The van der Waals surface area contributed by atoms with Crippen LogP contribution in [0.15, 0.2) is 60.1 Å². The summed E-state index contributed by atoms with van der Waals surface area (Å²) in [5, 5.41) is 11.0. The van der Waals surface area contributed by atoms with Crippen molar-refractivity contribution in [2.75, 3.05) is 25.6 Å². The number of para-hydroxylation sites is 1.